The quantitative estimate of drug-likeness (QED) is 0.361. The van der Waals surface area contributed by atoms with E-state index in [-0.39, 0.29) is 5.82 Å². The molecule has 0 unspecified atom stereocenters. The van der Waals surface area contributed by atoms with Gasteiger partial charge in [-0.2, -0.15) is 0 Å². The Morgan fingerprint density at radius 3 is 2.34 bits per heavy atom. The van der Waals surface area contributed by atoms with Crippen molar-refractivity contribution >= 4 is 23.0 Å². The second-order valence-electron chi connectivity index (χ2n) is 7.41. The molecular weight excluding hydrogens is 427 g/mol. The lowest BCUT2D eigenvalue weighted by molar-refractivity contribution is 0.415. The van der Waals surface area contributed by atoms with E-state index in [1.165, 1.54) is 12.1 Å². The van der Waals surface area contributed by atoms with Crippen LogP contribution in [0.3, 0.4) is 0 Å². The first-order valence-electron chi connectivity index (χ1n) is 10.2. The Hall–Kier alpha value is -3.51. The van der Waals surface area contributed by atoms with Gasteiger partial charge in [-0.05, 0) is 72.8 Å². The number of aromatic nitrogens is 2. The fourth-order valence-corrected chi connectivity index (χ4v) is 3.52. The highest BCUT2D eigenvalue weighted by Gasteiger charge is 2.13. The number of ether oxygens (including phenoxy) is 1. The molecule has 0 amide bonds. The fourth-order valence-electron chi connectivity index (χ4n) is 3.39. The molecule has 1 heterocycles. The molecule has 164 valence electrons. The number of anilines is 2. The molecule has 4 rings (SSSR count). The minimum Gasteiger partial charge on any atom is -0.497 e. The van der Waals surface area contributed by atoms with Crippen molar-refractivity contribution in [2.24, 2.45) is 0 Å². The highest BCUT2D eigenvalue weighted by atomic mass is 35.5. The van der Waals surface area contributed by atoms with Crippen LogP contribution >= 0.6 is 11.6 Å². The number of imidazole rings is 1. The lowest BCUT2D eigenvalue weighted by Gasteiger charge is -2.19. The van der Waals surface area contributed by atoms with Crippen LogP contribution in [0.25, 0.3) is 5.69 Å². The molecule has 5 nitrogen and oxygen atoms in total. The minimum absolute atomic E-state index is 0.253. The smallest absolute Gasteiger partial charge is 0.133 e. The van der Waals surface area contributed by atoms with Gasteiger partial charge in [-0.3, -0.25) is 0 Å². The summed E-state index contributed by atoms with van der Waals surface area (Å²) in [5, 5.41) is 4.08. The summed E-state index contributed by atoms with van der Waals surface area (Å²) < 4.78 is 20.6. The van der Waals surface area contributed by atoms with Crippen LogP contribution in [0.5, 0.6) is 5.75 Å². The van der Waals surface area contributed by atoms with Crippen molar-refractivity contribution in [3.63, 3.8) is 0 Å². The van der Waals surface area contributed by atoms with Crippen LogP contribution in [0.4, 0.5) is 15.8 Å². The van der Waals surface area contributed by atoms with Crippen molar-refractivity contribution in [3.8, 4) is 11.4 Å². The van der Waals surface area contributed by atoms with E-state index in [1.54, 1.807) is 19.2 Å². The standard InChI is InChI=1S/C25H24ClFN4O/c1-30(22-11-5-19(27)6-12-22)17-25-29-21(15-28-20-7-13-24(32-2)14-8-20)16-31(25)23-9-3-18(26)4-10-23/h3-14,16,28H,15,17H2,1-2H3. The molecule has 0 saturated carbocycles. The summed E-state index contributed by atoms with van der Waals surface area (Å²) in [7, 11) is 3.61. The molecule has 0 aliphatic heterocycles. The molecule has 32 heavy (non-hydrogen) atoms. The van der Waals surface area contributed by atoms with E-state index in [9.17, 15) is 4.39 Å². The number of hydrogen-bond donors (Lipinski definition) is 1. The van der Waals surface area contributed by atoms with Gasteiger partial charge >= 0.3 is 0 Å². The summed E-state index contributed by atoms with van der Waals surface area (Å²) in [5.41, 5.74) is 3.77. The van der Waals surface area contributed by atoms with Crippen LogP contribution in [0, 0.1) is 5.82 Å². The zero-order valence-electron chi connectivity index (χ0n) is 17.9. The van der Waals surface area contributed by atoms with Crippen LogP contribution in [-0.4, -0.2) is 23.7 Å². The van der Waals surface area contributed by atoms with Crippen LogP contribution in [0.1, 0.15) is 11.5 Å². The third kappa shape index (κ3) is 5.21. The summed E-state index contributed by atoms with van der Waals surface area (Å²) in [4.78, 5) is 6.90. The molecule has 0 radical (unpaired) electrons. The molecule has 1 N–H and O–H groups in total. The third-order valence-electron chi connectivity index (χ3n) is 5.14. The predicted molar refractivity (Wildman–Crippen MR) is 127 cm³/mol. The SMILES string of the molecule is COc1ccc(NCc2cn(-c3ccc(Cl)cc3)c(CN(C)c3ccc(F)cc3)n2)cc1. The molecule has 4 aromatic rings. The first-order chi connectivity index (χ1) is 15.5. The Morgan fingerprint density at radius 2 is 1.69 bits per heavy atom. The molecule has 7 heteroatoms. The number of hydrogen-bond acceptors (Lipinski definition) is 4. The maximum absolute atomic E-state index is 13.3. The number of nitrogens with zero attached hydrogens (tertiary/aromatic N) is 3. The van der Waals surface area contributed by atoms with E-state index in [0.717, 1.165) is 34.3 Å². The minimum atomic E-state index is -0.253. The van der Waals surface area contributed by atoms with E-state index in [4.69, 9.17) is 21.3 Å². The van der Waals surface area contributed by atoms with Crippen LogP contribution < -0.4 is 15.0 Å². The lowest BCUT2D eigenvalue weighted by atomic mass is 10.3. The molecule has 0 saturated heterocycles. The molecule has 0 aliphatic carbocycles. The number of nitrogens with one attached hydrogen (secondary N) is 1. The normalized spacial score (nSPS) is 10.8. The van der Waals surface area contributed by atoms with Gasteiger partial charge in [-0.1, -0.05) is 11.6 Å². The Kier molecular flexibility index (Phi) is 6.61. The highest BCUT2D eigenvalue weighted by Crippen LogP contribution is 2.21. The Labute approximate surface area is 192 Å². The Morgan fingerprint density at radius 1 is 1.00 bits per heavy atom. The van der Waals surface area contributed by atoms with Gasteiger partial charge in [-0.25, -0.2) is 9.37 Å². The summed E-state index contributed by atoms with van der Waals surface area (Å²) in [6.07, 6.45) is 2.02. The number of halogens is 2. The second kappa shape index (κ2) is 9.75. The Bertz CT molecular complexity index is 1160. The molecule has 0 fully saturated rings. The second-order valence-corrected chi connectivity index (χ2v) is 7.85. The summed E-state index contributed by atoms with van der Waals surface area (Å²) in [6, 6.07) is 21.9. The third-order valence-corrected chi connectivity index (χ3v) is 5.40. The van der Waals surface area contributed by atoms with Gasteiger partial charge in [0.1, 0.15) is 17.4 Å². The maximum atomic E-state index is 13.3. The van der Waals surface area contributed by atoms with Gasteiger partial charge in [0.05, 0.1) is 25.9 Å². The van der Waals surface area contributed by atoms with Crippen molar-refractivity contribution in [1.82, 2.24) is 9.55 Å². The van der Waals surface area contributed by atoms with Crippen molar-refractivity contribution in [2.75, 3.05) is 24.4 Å². The number of methoxy groups -OCH3 is 1. The van der Waals surface area contributed by atoms with E-state index in [1.807, 2.05) is 66.7 Å². The van der Waals surface area contributed by atoms with Gasteiger partial charge in [0.25, 0.3) is 0 Å². The molecule has 0 spiro atoms. The summed E-state index contributed by atoms with van der Waals surface area (Å²) >= 11 is 6.08. The van der Waals surface area contributed by atoms with Gasteiger partial charge in [0.2, 0.25) is 0 Å². The average molecular weight is 451 g/mol. The lowest BCUT2D eigenvalue weighted by Crippen LogP contribution is -2.19. The molecular formula is C25H24ClFN4O. The van der Waals surface area contributed by atoms with Crippen LogP contribution in [0.2, 0.25) is 5.02 Å². The van der Waals surface area contributed by atoms with Crippen molar-refractivity contribution in [3.05, 3.63) is 101 Å². The predicted octanol–water partition coefficient (Wildman–Crippen LogP) is 5.92. The van der Waals surface area contributed by atoms with Gasteiger partial charge < -0.3 is 19.5 Å². The van der Waals surface area contributed by atoms with E-state index >= 15 is 0 Å². The zero-order chi connectivity index (χ0) is 22.5. The van der Waals surface area contributed by atoms with E-state index < -0.39 is 0 Å². The van der Waals surface area contributed by atoms with Crippen LogP contribution in [-0.2, 0) is 13.1 Å². The molecule has 1 aromatic heterocycles. The summed E-state index contributed by atoms with van der Waals surface area (Å²) in [6.45, 7) is 1.12. The summed E-state index contributed by atoms with van der Waals surface area (Å²) in [5.74, 6) is 1.43. The monoisotopic (exact) mass is 450 g/mol. The largest absolute Gasteiger partial charge is 0.497 e. The van der Waals surface area contributed by atoms with Crippen molar-refractivity contribution in [1.29, 1.82) is 0 Å². The molecule has 0 bridgehead atoms. The van der Waals surface area contributed by atoms with Gasteiger partial charge in [0, 0.05) is 35.3 Å². The topological polar surface area (TPSA) is 42.3 Å². The van der Waals surface area contributed by atoms with Gasteiger partial charge in [0.15, 0.2) is 0 Å². The molecule has 0 atom stereocenters. The molecule has 0 aliphatic rings. The number of benzene rings is 3. The molecule has 3 aromatic carbocycles. The first kappa shape index (κ1) is 21.7. The van der Waals surface area contributed by atoms with Gasteiger partial charge in [-0.15, -0.1) is 0 Å². The zero-order valence-corrected chi connectivity index (χ0v) is 18.7. The van der Waals surface area contributed by atoms with Crippen molar-refractivity contribution in [2.45, 2.75) is 13.1 Å². The maximum Gasteiger partial charge on any atom is 0.133 e. The Balaban J connectivity index is 1.57. The first-order valence-corrected chi connectivity index (χ1v) is 10.6. The van der Waals surface area contributed by atoms with E-state index in [0.29, 0.717) is 18.1 Å². The van der Waals surface area contributed by atoms with Crippen LogP contribution in [0.15, 0.2) is 79.0 Å². The highest BCUT2D eigenvalue weighted by molar-refractivity contribution is 6.30. The fraction of sp³-hybridized carbons (Fsp3) is 0.160. The van der Waals surface area contributed by atoms with Crippen molar-refractivity contribution < 1.29 is 9.13 Å². The average Bonchev–Trinajstić information content (AvgIpc) is 3.21. The number of rotatable bonds is 8. The van der Waals surface area contributed by atoms with E-state index in [2.05, 4.69) is 9.88 Å².